The average molecular weight is 321 g/mol. The van der Waals surface area contributed by atoms with E-state index in [1.807, 2.05) is 11.0 Å². The number of nitrogens with zero attached hydrogens (tertiary/aromatic N) is 1. The van der Waals surface area contributed by atoms with E-state index in [2.05, 4.69) is 6.92 Å². The molecule has 1 unspecified atom stereocenters. The van der Waals surface area contributed by atoms with E-state index >= 15 is 0 Å². The second kappa shape index (κ2) is 6.82. The second-order valence-corrected chi connectivity index (χ2v) is 7.57. The molecule has 0 N–H and O–H groups in total. The van der Waals surface area contributed by atoms with Crippen molar-refractivity contribution in [3.8, 4) is 0 Å². The molecule has 0 spiro atoms. The minimum atomic E-state index is -0.349. The second-order valence-electron chi connectivity index (χ2n) is 6.43. The van der Waals surface area contributed by atoms with E-state index in [0.29, 0.717) is 10.8 Å². The van der Waals surface area contributed by atoms with E-state index in [1.54, 1.807) is 0 Å². The molecule has 2 aliphatic rings. The van der Waals surface area contributed by atoms with Crippen LogP contribution in [-0.4, -0.2) is 36.5 Å². The van der Waals surface area contributed by atoms with Crippen LogP contribution in [0.4, 0.5) is 0 Å². The van der Waals surface area contributed by atoms with E-state index in [0.717, 1.165) is 32.4 Å². The Morgan fingerprint density at radius 2 is 2.14 bits per heavy atom. The van der Waals surface area contributed by atoms with Crippen molar-refractivity contribution < 1.29 is 14.3 Å². The lowest BCUT2D eigenvalue weighted by molar-refractivity contribution is -0.136. The van der Waals surface area contributed by atoms with Crippen molar-refractivity contribution in [3.63, 3.8) is 0 Å². The molecule has 22 heavy (non-hydrogen) atoms. The van der Waals surface area contributed by atoms with E-state index < -0.39 is 0 Å². The van der Waals surface area contributed by atoms with Crippen LogP contribution in [0.25, 0.3) is 0 Å². The van der Waals surface area contributed by atoms with Gasteiger partial charge in [0.2, 0.25) is 0 Å². The minimum Gasteiger partial charge on any atom is -0.451 e. The van der Waals surface area contributed by atoms with Crippen molar-refractivity contribution in [1.29, 1.82) is 0 Å². The fourth-order valence-electron chi connectivity index (χ4n) is 3.30. The van der Waals surface area contributed by atoms with Crippen LogP contribution < -0.4 is 0 Å². The molecule has 1 aliphatic heterocycles. The van der Waals surface area contributed by atoms with Crippen LogP contribution in [-0.2, 0) is 22.4 Å². The maximum atomic E-state index is 12.1. The lowest BCUT2D eigenvalue weighted by Crippen LogP contribution is -2.41. The van der Waals surface area contributed by atoms with Crippen molar-refractivity contribution >= 4 is 23.2 Å². The minimum absolute atomic E-state index is 0.0683. The zero-order valence-electron chi connectivity index (χ0n) is 13.1. The molecule has 5 heteroatoms. The van der Waals surface area contributed by atoms with Crippen molar-refractivity contribution in [3.05, 3.63) is 21.4 Å². The average Bonchev–Trinajstić information content (AvgIpc) is 2.96. The van der Waals surface area contributed by atoms with Crippen molar-refractivity contribution in [2.24, 2.45) is 5.92 Å². The summed E-state index contributed by atoms with van der Waals surface area (Å²) in [6.07, 6.45) is 6.74. The number of piperidine rings is 1. The Hall–Kier alpha value is -1.36. The Morgan fingerprint density at radius 3 is 2.91 bits per heavy atom. The molecule has 1 aromatic heterocycles. The van der Waals surface area contributed by atoms with Crippen LogP contribution in [0.3, 0.4) is 0 Å². The van der Waals surface area contributed by atoms with E-state index in [-0.39, 0.29) is 18.5 Å². The molecule has 0 bridgehead atoms. The Kier molecular flexibility index (Phi) is 4.81. The summed E-state index contributed by atoms with van der Waals surface area (Å²) in [7, 11) is 0. The number of thiophene rings is 1. The Balaban J connectivity index is 1.53. The number of ether oxygens (including phenoxy) is 1. The number of hydrogen-bond acceptors (Lipinski definition) is 4. The zero-order chi connectivity index (χ0) is 15.5. The molecular weight excluding hydrogens is 298 g/mol. The SMILES string of the molecule is CC1CCCN(C(=O)COC(=O)c2cc3c(s2)CCCC3)C1. The van der Waals surface area contributed by atoms with Gasteiger partial charge in [0, 0.05) is 18.0 Å². The fourth-order valence-corrected chi connectivity index (χ4v) is 4.44. The molecule has 1 aliphatic carbocycles. The first-order chi connectivity index (χ1) is 10.6. The first kappa shape index (κ1) is 15.5. The predicted molar refractivity (Wildman–Crippen MR) is 86.2 cm³/mol. The molecule has 1 saturated heterocycles. The summed E-state index contributed by atoms with van der Waals surface area (Å²) in [6.45, 7) is 3.59. The van der Waals surface area contributed by atoms with Gasteiger partial charge in [-0.1, -0.05) is 6.92 Å². The first-order valence-electron chi connectivity index (χ1n) is 8.20. The van der Waals surface area contributed by atoms with Crippen molar-refractivity contribution in [2.75, 3.05) is 19.7 Å². The van der Waals surface area contributed by atoms with Gasteiger partial charge < -0.3 is 9.64 Å². The van der Waals surface area contributed by atoms with Crippen molar-refractivity contribution in [1.82, 2.24) is 4.90 Å². The maximum absolute atomic E-state index is 12.1. The predicted octanol–water partition coefficient (Wildman–Crippen LogP) is 3.04. The summed E-state index contributed by atoms with van der Waals surface area (Å²) >= 11 is 1.53. The van der Waals surface area contributed by atoms with Gasteiger partial charge >= 0.3 is 5.97 Å². The van der Waals surface area contributed by atoms with Crippen LogP contribution in [0.1, 0.15) is 52.7 Å². The van der Waals surface area contributed by atoms with Gasteiger partial charge in [-0.3, -0.25) is 4.79 Å². The van der Waals surface area contributed by atoms with Crippen molar-refractivity contribution in [2.45, 2.75) is 45.4 Å². The quantitative estimate of drug-likeness (QED) is 0.804. The molecule has 120 valence electrons. The summed E-state index contributed by atoms with van der Waals surface area (Å²) < 4.78 is 5.24. The third-order valence-corrected chi connectivity index (χ3v) is 5.75. The third kappa shape index (κ3) is 3.51. The smallest absolute Gasteiger partial charge is 0.348 e. The van der Waals surface area contributed by atoms with E-state index in [9.17, 15) is 9.59 Å². The molecule has 1 aromatic rings. The highest BCUT2D eigenvalue weighted by Crippen LogP contribution is 2.30. The Morgan fingerprint density at radius 1 is 1.32 bits per heavy atom. The normalized spacial score (nSPS) is 21.3. The van der Waals surface area contributed by atoms with Gasteiger partial charge in [0.05, 0.1) is 0 Å². The van der Waals surface area contributed by atoms with Gasteiger partial charge in [0.25, 0.3) is 5.91 Å². The monoisotopic (exact) mass is 321 g/mol. The van der Waals surface area contributed by atoms with Crippen LogP contribution in [0.15, 0.2) is 6.07 Å². The number of rotatable bonds is 3. The highest BCUT2D eigenvalue weighted by molar-refractivity contribution is 7.14. The number of esters is 1. The van der Waals surface area contributed by atoms with Crippen LogP contribution in [0.5, 0.6) is 0 Å². The molecule has 1 atom stereocenters. The summed E-state index contributed by atoms with van der Waals surface area (Å²) in [5.74, 6) is 0.122. The molecule has 1 fully saturated rings. The van der Waals surface area contributed by atoms with E-state index in [4.69, 9.17) is 4.74 Å². The molecule has 0 saturated carbocycles. The number of likely N-dealkylation sites (tertiary alicyclic amines) is 1. The molecule has 0 radical (unpaired) electrons. The molecule has 0 aromatic carbocycles. The summed E-state index contributed by atoms with van der Waals surface area (Å²) in [5, 5.41) is 0. The standard InChI is InChI=1S/C17H23NO3S/c1-12-5-4-8-18(10-12)16(19)11-21-17(20)15-9-13-6-2-3-7-14(13)22-15/h9,12H,2-8,10-11H2,1H3. The summed E-state index contributed by atoms with van der Waals surface area (Å²) in [6, 6.07) is 1.95. The molecule has 3 rings (SSSR count). The van der Waals surface area contributed by atoms with Crippen LogP contribution in [0, 0.1) is 5.92 Å². The summed E-state index contributed by atoms with van der Waals surface area (Å²) in [4.78, 5) is 28.0. The lowest BCUT2D eigenvalue weighted by Gasteiger charge is -2.30. The Bertz CT molecular complexity index is 543. The van der Waals surface area contributed by atoms with Gasteiger partial charge in [-0.25, -0.2) is 4.79 Å². The van der Waals surface area contributed by atoms with Gasteiger partial charge in [-0.15, -0.1) is 11.3 Å². The van der Waals surface area contributed by atoms with E-state index in [1.165, 1.54) is 41.0 Å². The number of hydrogen-bond donors (Lipinski definition) is 0. The fraction of sp³-hybridized carbons (Fsp3) is 0.647. The number of amides is 1. The highest BCUT2D eigenvalue weighted by atomic mass is 32.1. The van der Waals surface area contributed by atoms with Crippen LogP contribution in [0.2, 0.25) is 0 Å². The Labute approximate surface area is 135 Å². The first-order valence-corrected chi connectivity index (χ1v) is 9.01. The molecule has 1 amide bonds. The number of aryl methyl sites for hydroxylation is 2. The number of fused-ring (bicyclic) bond motifs is 1. The zero-order valence-corrected chi connectivity index (χ0v) is 13.9. The molecular formula is C17H23NO3S. The summed E-state index contributed by atoms with van der Waals surface area (Å²) in [5.41, 5.74) is 1.29. The topological polar surface area (TPSA) is 46.6 Å². The molecule has 2 heterocycles. The number of carbonyl (C=O) groups excluding carboxylic acids is 2. The molecule has 4 nitrogen and oxygen atoms in total. The largest absolute Gasteiger partial charge is 0.451 e. The van der Waals surface area contributed by atoms with Crippen LogP contribution >= 0.6 is 11.3 Å². The lowest BCUT2D eigenvalue weighted by atomic mass is 9.99. The van der Waals surface area contributed by atoms with Gasteiger partial charge in [-0.2, -0.15) is 0 Å². The highest BCUT2D eigenvalue weighted by Gasteiger charge is 2.23. The number of carbonyl (C=O) groups is 2. The van der Waals surface area contributed by atoms with Gasteiger partial charge in [0.15, 0.2) is 6.61 Å². The third-order valence-electron chi connectivity index (χ3n) is 4.53. The maximum Gasteiger partial charge on any atom is 0.348 e. The van der Waals surface area contributed by atoms with Gasteiger partial charge in [0.1, 0.15) is 4.88 Å². The van der Waals surface area contributed by atoms with Gasteiger partial charge in [-0.05, 0) is 56.1 Å².